The number of para-hydroxylation sites is 2. The molecule has 5 nitrogen and oxygen atoms in total. The summed E-state index contributed by atoms with van der Waals surface area (Å²) >= 11 is 5.29. The minimum Gasteiger partial charge on any atom is -0.456 e. The van der Waals surface area contributed by atoms with Gasteiger partial charge in [0.05, 0.1) is 11.4 Å². The standard InChI is InChI=1S/C51H29N3O2S3/c1-7-15-45-30(9-1)25-49(57-45)53(32-17-20-37-35-11-3-5-13-41(35)55-43(37)27-32)34-19-22-39-40-23-24-48(52-51(40)59-47(39)29-34)54(50-26-31-10-2-8-16-46(31)58-50)33-18-21-38-36-12-4-6-14-42(36)56-44(38)28-33/h1-29H. The zero-order valence-corrected chi connectivity index (χ0v) is 33.6. The van der Waals surface area contributed by atoms with Crippen molar-refractivity contribution in [3.05, 3.63) is 176 Å². The van der Waals surface area contributed by atoms with E-state index < -0.39 is 0 Å². The maximum atomic E-state index is 6.39. The molecule has 0 saturated carbocycles. The van der Waals surface area contributed by atoms with Crippen LogP contribution in [0.1, 0.15) is 0 Å². The Kier molecular flexibility index (Phi) is 7.15. The van der Waals surface area contributed by atoms with E-state index in [2.05, 4.69) is 161 Å². The Morgan fingerprint density at radius 3 is 1.47 bits per heavy atom. The van der Waals surface area contributed by atoms with E-state index in [9.17, 15) is 0 Å². The summed E-state index contributed by atoms with van der Waals surface area (Å²) in [7, 11) is 0. The zero-order chi connectivity index (χ0) is 38.6. The molecule has 0 aliphatic rings. The number of rotatable bonds is 6. The molecule has 0 atom stereocenters. The molecule has 0 N–H and O–H groups in total. The van der Waals surface area contributed by atoms with Crippen LogP contribution >= 0.6 is 34.0 Å². The fourth-order valence-electron chi connectivity index (χ4n) is 8.54. The van der Waals surface area contributed by atoms with Crippen LogP contribution in [-0.4, -0.2) is 4.98 Å². The van der Waals surface area contributed by atoms with E-state index in [-0.39, 0.29) is 0 Å². The summed E-state index contributed by atoms with van der Waals surface area (Å²) in [4.78, 5) is 11.0. The van der Waals surface area contributed by atoms with Crippen molar-refractivity contribution in [1.29, 1.82) is 0 Å². The summed E-state index contributed by atoms with van der Waals surface area (Å²) < 4.78 is 16.4. The Balaban J connectivity index is 0.959. The number of hydrogen-bond donors (Lipinski definition) is 0. The van der Waals surface area contributed by atoms with Crippen molar-refractivity contribution >= 4 is 151 Å². The second kappa shape index (κ2) is 12.8. The summed E-state index contributed by atoms with van der Waals surface area (Å²) in [5.41, 5.74) is 6.64. The fraction of sp³-hybridized carbons (Fsp3) is 0. The first-order valence-electron chi connectivity index (χ1n) is 19.4. The Bertz CT molecular complexity index is 3480. The van der Waals surface area contributed by atoms with Gasteiger partial charge in [-0.15, -0.1) is 34.0 Å². The average molecular weight is 812 g/mol. The average Bonchev–Trinajstić information content (AvgIpc) is 4.10. The molecule has 0 aliphatic heterocycles. The molecule has 7 aromatic carbocycles. The SMILES string of the molecule is c1ccc2sc(N(c3ccc4c(c3)oc3ccccc34)c3ccc4c(c3)sc3nc(N(c5ccc6c(c5)oc5ccccc56)c5cc6ccccc6s5)ccc34)cc2c1. The number of aromatic nitrogens is 1. The third-order valence-electron chi connectivity index (χ3n) is 11.3. The highest BCUT2D eigenvalue weighted by Crippen LogP contribution is 2.47. The van der Waals surface area contributed by atoms with Crippen LogP contribution in [-0.2, 0) is 0 Å². The van der Waals surface area contributed by atoms with E-state index in [0.29, 0.717) is 0 Å². The molecule has 6 aromatic heterocycles. The lowest BCUT2D eigenvalue weighted by atomic mass is 10.1. The molecule has 0 aliphatic carbocycles. The highest BCUT2D eigenvalue weighted by Gasteiger charge is 2.22. The first-order valence-corrected chi connectivity index (χ1v) is 21.9. The molecular weight excluding hydrogens is 783 g/mol. The Hall–Kier alpha value is -6.97. The van der Waals surface area contributed by atoms with Gasteiger partial charge in [-0.3, -0.25) is 4.90 Å². The zero-order valence-electron chi connectivity index (χ0n) is 31.1. The van der Waals surface area contributed by atoms with Crippen LogP contribution in [0.3, 0.4) is 0 Å². The van der Waals surface area contributed by atoms with Crippen LogP contribution in [0.5, 0.6) is 0 Å². The van der Waals surface area contributed by atoms with Gasteiger partial charge >= 0.3 is 0 Å². The number of fused-ring (bicyclic) bond motifs is 11. The van der Waals surface area contributed by atoms with Crippen molar-refractivity contribution in [2.24, 2.45) is 0 Å². The van der Waals surface area contributed by atoms with Crippen molar-refractivity contribution in [1.82, 2.24) is 4.98 Å². The molecular formula is C51H29N3O2S3. The molecule has 6 heterocycles. The van der Waals surface area contributed by atoms with Gasteiger partial charge in [0, 0.05) is 64.2 Å². The third kappa shape index (κ3) is 5.24. The third-order valence-corrected chi connectivity index (χ3v) is 14.6. The van der Waals surface area contributed by atoms with Crippen molar-refractivity contribution in [3.63, 3.8) is 0 Å². The number of thiophene rings is 3. The summed E-state index contributed by atoms with van der Waals surface area (Å²) in [6.45, 7) is 0. The number of benzene rings is 7. The molecule has 278 valence electrons. The summed E-state index contributed by atoms with van der Waals surface area (Å²) in [6.07, 6.45) is 0. The second-order valence-electron chi connectivity index (χ2n) is 14.8. The minimum atomic E-state index is 0.855. The lowest BCUT2D eigenvalue weighted by Gasteiger charge is -2.23. The summed E-state index contributed by atoms with van der Waals surface area (Å²) in [5, 5.41) is 11.5. The first-order chi connectivity index (χ1) is 29.2. The maximum absolute atomic E-state index is 6.39. The summed E-state index contributed by atoms with van der Waals surface area (Å²) in [5.74, 6) is 0.859. The van der Waals surface area contributed by atoms with Crippen molar-refractivity contribution < 1.29 is 8.83 Å². The fourth-order valence-corrected chi connectivity index (χ4v) is 11.8. The van der Waals surface area contributed by atoms with Gasteiger partial charge in [-0.05, 0) is 95.7 Å². The second-order valence-corrected chi connectivity index (χ2v) is 17.9. The molecule has 59 heavy (non-hydrogen) atoms. The van der Waals surface area contributed by atoms with Gasteiger partial charge in [0.2, 0.25) is 0 Å². The van der Waals surface area contributed by atoms with Crippen LogP contribution in [0, 0.1) is 0 Å². The van der Waals surface area contributed by atoms with Gasteiger partial charge in [-0.2, -0.15) is 0 Å². The van der Waals surface area contributed by atoms with Gasteiger partial charge in [0.15, 0.2) is 0 Å². The Labute approximate surface area is 348 Å². The molecule has 0 spiro atoms. The minimum absolute atomic E-state index is 0.855. The van der Waals surface area contributed by atoms with Crippen molar-refractivity contribution in [2.75, 3.05) is 9.80 Å². The van der Waals surface area contributed by atoms with Crippen LogP contribution in [0.2, 0.25) is 0 Å². The predicted octanol–water partition coefficient (Wildman–Crippen LogP) is 16.6. The predicted molar refractivity (Wildman–Crippen MR) is 252 cm³/mol. The van der Waals surface area contributed by atoms with Gasteiger partial charge in [0.25, 0.3) is 0 Å². The Morgan fingerprint density at radius 1 is 0.356 bits per heavy atom. The highest BCUT2D eigenvalue weighted by atomic mass is 32.1. The number of hydrogen-bond acceptors (Lipinski definition) is 8. The van der Waals surface area contributed by atoms with Gasteiger partial charge in [0.1, 0.15) is 43.0 Å². The first kappa shape index (κ1) is 33.0. The lowest BCUT2D eigenvalue weighted by molar-refractivity contribution is 0.668. The van der Waals surface area contributed by atoms with Crippen LogP contribution < -0.4 is 9.80 Å². The number of anilines is 6. The van der Waals surface area contributed by atoms with Gasteiger partial charge in [-0.1, -0.05) is 78.9 Å². The molecule has 8 heteroatoms. The van der Waals surface area contributed by atoms with Crippen molar-refractivity contribution in [3.8, 4) is 0 Å². The van der Waals surface area contributed by atoms with Crippen LogP contribution in [0.4, 0.5) is 32.9 Å². The number of furan rings is 2. The normalized spacial score (nSPS) is 12.1. The number of nitrogens with zero attached hydrogens (tertiary/aromatic N) is 3. The van der Waals surface area contributed by atoms with E-state index in [1.165, 1.54) is 30.3 Å². The smallest absolute Gasteiger partial charge is 0.139 e. The lowest BCUT2D eigenvalue weighted by Crippen LogP contribution is -2.09. The van der Waals surface area contributed by atoms with Crippen LogP contribution in [0.15, 0.2) is 185 Å². The van der Waals surface area contributed by atoms with Gasteiger partial charge < -0.3 is 13.7 Å². The molecule has 0 radical (unpaired) electrons. The maximum Gasteiger partial charge on any atom is 0.139 e. The monoisotopic (exact) mass is 811 g/mol. The van der Waals surface area contributed by atoms with E-state index >= 15 is 0 Å². The van der Waals surface area contributed by atoms with E-state index in [1.807, 2.05) is 24.3 Å². The largest absolute Gasteiger partial charge is 0.456 e. The molecule has 0 bridgehead atoms. The molecule has 13 rings (SSSR count). The van der Waals surface area contributed by atoms with E-state index in [1.54, 1.807) is 34.0 Å². The van der Waals surface area contributed by atoms with E-state index in [4.69, 9.17) is 13.8 Å². The molecule has 0 unspecified atom stereocenters. The molecule has 0 saturated heterocycles. The van der Waals surface area contributed by atoms with E-state index in [0.717, 1.165) is 87.0 Å². The van der Waals surface area contributed by atoms with Crippen LogP contribution in [0.25, 0.3) is 84.4 Å². The highest BCUT2D eigenvalue weighted by molar-refractivity contribution is 7.25. The molecule has 0 fully saturated rings. The number of pyridine rings is 1. The quantitative estimate of drug-likeness (QED) is 0.167. The van der Waals surface area contributed by atoms with Gasteiger partial charge in [-0.25, -0.2) is 4.98 Å². The van der Waals surface area contributed by atoms with Crippen molar-refractivity contribution in [2.45, 2.75) is 0 Å². The Morgan fingerprint density at radius 2 is 0.847 bits per heavy atom. The molecule has 13 aromatic rings. The molecule has 0 amide bonds. The topological polar surface area (TPSA) is 45.7 Å². The summed E-state index contributed by atoms with van der Waals surface area (Å²) in [6, 6.07) is 62.4.